The summed E-state index contributed by atoms with van der Waals surface area (Å²) in [5.74, 6) is -9.08. The molecule has 153 valence electrons. The molecule has 0 fully saturated rings. The van der Waals surface area contributed by atoms with Crippen LogP contribution in [0.3, 0.4) is 0 Å². The highest BCUT2D eigenvalue weighted by Gasteiger charge is 2.26. The molecule has 0 saturated carbocycles. The molecule has 0 aromatic heterocycles. The van der Waals surface area contributed by atoms with E-state index >= 15 is 0 Å². The molecule has 0 atom stereocenters. The smallest absolute Gasteiger partial charge is 0.195 e. The molecule has 6 heteroatoms. The average Bonchev–Trinajstić information content (AvgIpc) is 3.13. The molecule has 0 aliphatic heterocycles. The van der Waals surface area contributed by atoms with Gasteiger partial charge in [0.2, 0.25) is 0 Å². The van der Waals surface area contributed by atoms with Gasteiger partial charge >= 0.3 is 0 Å². The first-order chi connectivity index (χ1) is 14.9. The van der Waals surface area contributed by atoms with E-state index < -0.39 is 34.9 Å². The lowest BCUT2D eigenvalue weighted by Gasteiger charge is -2.15. The molecule has 4 aromatic rings. The number of fused-ring (bicyclic) bond motifs is 3. The minimum Gasteiger partial charge on any atom is -0.204 e. The Morgan fingerprint density at radius 1 is 0.548 bits per heavy atom. The molecule has 0 bridgehead atoms. The number of rotatable bonds is 2. The van der Waals surface area contributed by atoms with E-state index in [9.17, 15) is 26.3 Å². The molecule has 1 aliphatic carbocycles. The first-order valence-corrected chi connectivity index (χ1v) is 9.32. The first-order valence-electron chi connectivity index (χ1n) is 9.32. The van der Waals surface area contributed by atoms with Crippen LogP contribution in [-0.4, -0.2) is 0 Å². The van der Waals surface area contributed by atoms with E-state index in [0.29, 0.717) is 17.5 Å². The van der Waals surface area contributed by atoms with E-state index in [1.165, 1.54) is 6.07 Å². The van der Waals surface area contributed by atoms with Gasteiger partial charge in [0.15, 0.2) is 34.9 Å². The van der Waals surface area contributed by atoms with Crippen LogP contribution in [0, 0.1) is 41.0 Å². The van der Waals surface area contributed by atoms with Gasteiger partial charge in [-0.05, 0) is 70.6 Å². The Balaban J connectivity index is 1.85. The number of halogens is 6. The standard InChI is InChI=1S/C25H11F6/c26-20-7-5-15(22(28)24(20)30)18-10-13-9-12-3-1-2-4-14(12)17(13)11-19(18)16-6-8-21(27)25(31)23(16)29/h1-8,11H,9H2. The van der Waals surface area contributed by atoms with Crippen molar-refractivity contribution < 1.29 is 26.3 Å². The maximum Gasteiger partial charge on any atom is 0.195 e. The van der Waals surface area contributed by atoms with Gasteiger partial charge in [-0.25, -0.2) is 26.3 Å². The third-order valence-corrected chi connectivity index (χ3v) is 5.46. The molecule has 0 N–H and O–H groups in total. The van der Waals surface area contributed by atoms with Gasteiger partial charge in [0.25, 0.3) is 0 Å². The molecule has 4 aromatic carbocycles. The molecule has 0 saturated heterocycles. The fraction of sp³-hybridized carbons (Fsp3) is 0.0400. The van der Waals surface area contributed by atoms with Crippen molar-refractivity contribution in [3.05, 3.63) is 107 Å². The lowest BCUT2D eigenvalue weighted by Crippen LogP contribution is -2.00. The summed E-state index contributed by atoms with van der Waals surface area (Å²) in [7, 11) is 0. The van der Waals surface area contributed by atoms with Crippen molar-refractivity contribution in [2.45, 2.75) is 6.42 Å². The van der Waals surface area contributed by atoms with Gasteiger partial charge in [-0.2, -0.15) is 0 Å². The Hall–Kier alpha value is -3.54. The summed E-state index contributed by atoms with van der Waals surface area (Å²) in [4.78, 5) is 0. The molecular formula is C25H11F6. The Morgan fingerprint density at radius 2 is 1.16 bits per heavy atom. The highest BCUT2D eigenvalue weighted by Crippen LogP contribution is 2.44. The van der Waals surface area contributed by atoms with Crippen molar-refractivity contribution in [2.24, 2.45) is 0 Å². The lowest BCUT2D eigenvalue weighted by atomic mass is 9.89. The predicted molar refractivity (Wildman–Crippen MR) is 104 cm³/mol. The SMILES string of the molecule is Fc1ccc(-c2[c]c3c(cc2-c2ccc(F)c(F)c2F)-c2ccccc2C3)c(F)c1F. The molecular weight excluding hydrogens is 414 g/mol. The third-order valence-electron chi connectivity index (χ3n) is 5.46. The van der Waals surface area contributed by atoms with Crippen LogP contribution in [0.25, 0.3) is 33.4 Å². The van der Waals surface area contributed by atoms with E-state index in [1.54, 1.807) is 0 Å². The van der Waals surface area contributed by atoms with Gasteiger partial charge in [-0.15, -0.1) is 0 Å². The quantitative estimate of drug-likeness (QED) is 0.207. The van der Waals surface area contributed by atoms with Gasteiger partial charge in [-0.1, -0.05) is 24.3 Å². The van der Waals surface area contributed by atoms with Gasteiger partial charge in [0.05, 0.1) is 0 Å². The summed E-state index contributed by atoms with van der Waals surface area (Å²) in [6, 6.07) is 15.4. The van der Waals surface area contributed by atoms with Crippen molar-refractivity contribution in [1.82, 2.24) is 0 Å². The summed E-state index contributed by atoms with van der Waals surface area (Å²) in [5, 5.41) is 0. The zero-order valence-electron chi connectivity index (χ0n) is 15.7. The molecule has 0 amide bonds. The van der Waals surface area contributed by atoms with E-state index in [0.717, 1.165) is 35.4 Å². The monoisotopic (exact) mass is 425 g/mol. The van der Waals surface area contributed by atoms with E-state index in [1.807, 2.05) is 24.3 Å². The fourth-order valence-corrected chi connectivity index (χ4v) is 3.97. The second-order valence-electron chi connectivity index (χ2n) is 7.23. The predicted octanol–water partition coefficient (Wildman–Crippen LogP) is 7.23. The van der Waals surface area contributed by atoms with Gasteiger partial charge < -0.3 is 0 Å². The molecule has 0 heterocycles. The van der Waals surface area contributed by atoms with Gasteiger partial charge in [0, 0.05) is 16.7 Å². The summed E-state index contributed by atoms with van der Waals surface area (Å²) in [6.07, 6.45) is 0.449. The van der Waals surface area contributed by atoms with Crippen LogP contribution in [0.5, 0.6) is 0 Å². The molecule has 0 nitrogen and oxygen atoms in total. The number of benzene rings is 4. The molecule has 0 unspecified atom stereocenters. The molecule has 0 spiro atoms. The summed E-state index contributed by atoms with van der Waals surface area (Å²) in [6.45, 7) is 0. The molecule has 31 heavy (non-hydrogen) atoms. The average molecular weight is 425 g/mol. The topological polar surface area (TPSA) is 0 Å². The maximum absolute atomic E-state index is 14.7. The highest BCUT2D eigenvalue weighted by atomic mass is 19.2. The Labute approximate surface area is 173 Å². The van der Waals surface area contributed by atoms with Crippen LogP contribution in [0.2, 0.25) is 0 Å². The Morgan fingerprint density at radius 3 is 1.87 bits per heavy atom. The van der Waals surface area contributed by atoms with Crippen molar-refractivity contribution in [1.29, 1.82) is 0 Å². The fourth-order valence-electron chi connectivity index (χ4n) is 3.97. The highest BCUT2D eigenvalue weighted by molar-refractivity contribution is 5.90. The van der Waals surface area contributed by atoms with Crippen molar-refractivity contribution in [2.75, 3.05) is 0 Å². The summed E-state index contributed by atoms with van der Waals surface area (Å²) < 4.78 is 84.2. The molecule has 1 radical (unpaired) electrons. The Kier molecular flexibility index (Phi) is 4.39. The van der Waals surface area contributed by atoms with Crippen molar-refractivity contribution in [3.8, 4) is 33.4 Å². The van der Waals surface area contributed by atoms with Gasteiger partial charge in [0.1, 0.15) is 0 Å². The minimum absolute atomic E-state index is 0.0169. The van der Waals surface area contributed by atoms with E-state index in [2.05, 4.69) is 6.07 Å². The van der Waals surface area contributed by atoms with Crippen LogP contribution >= 0.6 is 0 Å². The lowest BCUT2D eigenvalue weighted by molar-refractivity contribution is 0.448. The summed E-state index contributed by atoms with van der Waals surface area (Å²) >= 11 is 0. The second kappa shape index (κ2) is 7.01. The van der Waals surface area contributed by atoms with Crippen LogP contribution in [-0.2, 0) is 6.42 Å². The first kappa shape index (κ1) is 19.4. The van der Waals surface area contributed by atoms with E-state index in [-0.39, 0.29) is 22.3 Å². The van der Waals surface area contributed by atoms with Crippen molar-refractivity contribution in [3.63, 3.8) is 0 Å². The number of hydrogen-bond acceptors (Lipinski definition) is 0. The normalized spacial score (nSPS) is 12.1. The zero-order chi connectivity index (χ0) is 21.9. The van der Waals surface area contributed by atoms with E-state index in [4.69, 9.17) is 0 Å². The maximum atomic E-state index is 14.7. The second-order valence-corrected chi connectivity index (χ2v) is 7.23. The van der Waals surface area contributed by atoms with Gasteiger partial charge in [-0.3, -0.25) is 0 Å². The number of hydrogen-bond donors (Lipinski definition) is 0. The molecule has 1 aliphatic rings. The summed E-state index contributed by atoms with van der Waals surface area (Å²) in [5.41, 5.74) is 2.31. The Bertz CT molecular complexity index is 1370. The molecule has 5 rings (SSSR count). The minimum atomic E-state index is -1.69. The van der Waals surface area contributed by atoms with Crippen LogP contribution in [0.4, 0.5) is 26.3 Å². The zero-order valence-corrected chi connectivity index (χ0v) is 15.7. The van der Waals surface area contributed by atoms with Crippen molar-refractivity contribution >= 4 is 0 Å². The van der Waals surface area contributed by atoms with Crippen LogP contribution < -0.4 is 0 Å². The largest absolute Gasteiger partial charge is 0.204 e. The van der Waals surface area contributed by atoms with Crippen LogP contribution in [0.1, 0.15) is 11.1 Å². The third kappa shape index (κ3) is 2.93. The van der Waals surface area contributed by atoms with Crippen LogP contribution in [0.15, 0.2) is 54.6 Å².